The number of rotatable bonds is 4. The summed E-state index contributed by atoms with van der Waals surface area (Å²) in [5, 5.41) is 3.50. The molecule has 1 aliphatic heterocycles. The lowest BCUT2D eigenvalue weighted by Gasteiger charge is -2.16. The van der Waals surface area contributed by atoms with Crippen LogP contribution < -0.4 is 10.2 Å². The van der Waals surface area contributed by atoms with Gasteiger partial charge in [0.05, 0.1) is 0 Å². The summed E-state index contributed by atoms with van der Waals surface area (Å²) < 4.78 is 12.9. The number of anilines is 1. The lowest BCUT2D eigenvalue weighted by Crippen LogP contribution is -2.18. The third kappa shape index (κ3) is 3.08. The number of hydrogen-bond donors (Lipinski definition) is 1. The molecule has 1 atom stereocenters. The van der Waals surface area contributed by atoms with Crippen molar-refractivity contribution in [1.82, 2.24) is 5.32 Å². The van der Waals surface area contributed by atoms with Crippen molar-refractivity contribution in [3.8, 4) is 0 Å². The van der Waals surface area contributed by atoms with Gasteiger partial charge in [0.1, 0.15) is 5.82 Å². The minimum atomic E-state index is -0.186. The van der Waals surface area contributed by atoms with Crippen LogP contribution in [0.3, 0.4) is 0 Å². The molecule has 0 fully saturated rings. The molecule has 0 unspecified atom stereocenters. The van der Waals surface area contributed by atoms with Crippen LogP contribution >= 0.6 is 0 Å². The van der Waals surface area contributed by atoms with Crippen LogP contribution in [0, 0.1) is 5.82 Å². The molecule has 1 aliphatic rings. The fourth-order valence-electron chi connectivity index (χ4n) is 2.87. The Kier molecular flexibility index (Phi) is 3.93. The van der Waals surface area contributed by atoms with E-state index in [9.17, 15) is 4.39 Å². The van der Waals surface area contributed by atoms with E-state index in [2.05, 4.69) is 42.4 Å². The Labute approximate surface area is 125 Å². The van der Waals surface area contributed by atoms with Crippen molar-refractivity contribution >= 4 is 5.69 Å². The van der Waals surface area contributed by atoms with Gasteiger partial charge in [-0.1, -0.05) is 24.3 Å². The van der Waals surface area contributed by atoms with Gasteiger partial charge in [0.15, 0.2) is 0 Å². The van der Waals surface area contributed by atoms with Crippen molar-refractivity contribution in [1.29, 1.82) is 0 Å². The number of benzene rings is 2. The van der Waals surface area contributed by atoms with Gasteiger partial charge in [-0.05, 0) is 48.2 Å². The first kappa shape index (κ1) is 14.1. The number of hydrogen-bond acceptors (Lipinski definition) is 2. The molecule has 2 aromatic rings. The average molecular weight is 284 g/mol. The predicted octanol–water partition coefficient (Wildman–Crippen LogP) is 3.67. The Morgan fingerprint density at radius 3 is 2.71 bits per heavy atom. The third-order valence-electron chi connectivity index (χ3n) is 4.25. The SMILES string of the molecule is C[C@@H](NCc1ccc2c(c1)CCN2C)c1ccc(F)cc1. The van der Waals surface area contributed by atoms with Gasteiger partial charge in [0.25, 0.3) is 0 Å². The zero-order valence-electron chi connectivity index (χ0n) is 12.6. The molecule has 2 nitrogen and oxygen atoms in total. The first-order valence-corrected chi connectivity index (χ1v) is 7.45. The first-order valence-electron chi connectivity index (χ1n) is 7.45. The Morgan fingerprint density at radius 1 is 1.19 bits per heavy atom. The third-order valence-corrected chi connectivity index (χ3v) is 4.25. The number of likely N-dealkylation sites (N-methyl/N-ethyl adjacent to an activating group) is 1. The van der Waals surface area contributed by atoms with Crippen molar-refractivity contribution in [2.75, 3.05) is 18.5 Å². The summed E-state index contributed by atoms with van der Waals surface area (Å²) in [7, 11) is 2.14. The highest BCUT2D eigenvalue weighted by atomic mass is 19.1. The van der Waals surface area contributed by atoms with E-state index < -0.39 is 0 Å². The van der Waals surface area contributed by atoms with Crippen molar-refractivity contribution in [2.45, 2.75) is 25.9 Å². The molecular formula is C18H21FN2. The highest BCUT2D eigenvalue weighted by Gasteiger charge is 2.15. The van der Waals surface area contributed by atoms with Crippen LogP contribution in [0.1, 0.15) is 29.7 Å². The standard InChI is InChI=1S/C18H21FN2/c1-13(15-4-6-17(19)7-5-15)20-12-14-3-8-18-16(11-14)9-10-21(18)2/h3-8,11,13,20H,9-10,12H2,1-2H3/t13-/m1/s1. The molecule has 3 heteroatoms. The zero-order chi connectivity index (χ0) is 14.8. The summed E-state index contributed by atoms with van der Waals surface area (Å²) in [5.74, 6) is -0.186. The van der Waals surface area contributed by atoms with Crippen LogP contribution in [0.25, 0.3) is 0 Å². The van der Waals surface area contributed by atoms with E-state index >= 15 is 0 Å². The zero-order valence-corrected chi connectivity index (χ0v) is 12.6. The van der Waals surface area contributed by atoms with Crippen molar-refractivity contribution in [3.63, 3.8) is 0 Å². The highest BCUT2D eigenvalue weighted by Crippen LogP contribution is 2.27. The summed E-state index contributed by atoms with van der Waals surface area (Å²) >= 11 is 0. The topological polar surface area (TPSA) is 15.3 Å². The maximum atomic E-state index is 12.9. The molecule has 2 aromatic carbocycles. The van der Waals surface area contributed by atoms with E-state index in [1.54, 1.807) is 0 Å². The summed E-state index contributed by atoms with van der Waals surface area (Å²) in [6.45, 7) is 4.04. The predicted molar refractivity (Wildman–Crippen MR) is 85.1 cm³/mol. The monoisotopic (exact) mass is 284 g/mol. The van der Waals surface area contributed by atoms with E-state index in [-0.39, 0.29) is 11.9 Å². The molecule has 21 heavy (non-hydrogen) atoms. The van der Waals surface area contributed by atoms with E-state index in [1.165, 1.54) is 28.9 Å². The van der Waals surface area contributed by atoms with Gasteiger partial charge in [-0.15, -0.1) is 0 Å². The van der Waals surface area contributed by atoms with Gasteiger partial charge in [-0.3, -0.25) is 0 Å². The van der Waals surface area contributed by atoms with Crippen LogP contribution in [0.5, 0.6) is 0 Å². The van der Waals surface area contributed by atoms with Crippen LogP contribution in [0.2, 0.25) is 0 Å². The number of halogens is 1. The average Bonchev–Trinajstić information content (AvgIpc) is 2.86. The minimum absolute atomic E-state index is 0.186. The fraction of sp³-hybridized carbons (Fsp3) is 0.333. The van der Waals surface area contributed by atoms with E-state index in [4.69, 9.17) is 0 Å². The van der Waals surface area contributed by atoms with Crippen LogP contribution in [-0.2, 0) is 13.0 Å². The summed E-state index contributed by atoms with van der Waals surface area (Å²) in [4.78, 5) is 2.30. The van der Waals surface area contributed by atoms with E-state index in [1.807, 2.05) is 12.1 Å². The number of nitrogens with one attached hydrogen (secondary N) is 1. The maximum absolute atomic E-state index is 12.9. The summed E-state index contributed by atoms with van der Waals surface area (Å²) in [6.07, 6.45) is 1.13. The minimum Gasteiger partial charge on any atom is -0.374 e. The Hall–Kier alpha value is -1.87. The molecule has 0 bridgehead atoms. The second kappa shape index (κ2) is 5.86. The number of fused-ring (bicyclic) bond motifs is 1. The first-order chi connectivity index (χ1) is 10.1. The molecule has 0 amide bonds. The molecule has 3 rings (SSSR count). The number of nitrogens with zero attached hydrogens (tertiary/aromatic N) is 1. The van der Waals surface area contributed by atoms with Gasteiger partial charge in [-0.2, -0.15) is 0 Å². The van der Waals surface area contributed by atoms with Gasteiger partial charge >= 0.3 is 0 Å². The Morgan fingerprint density at radius 2 is 1.95 bits per heavy atom. The smallest absolute Gasteiger partial charge is 0.123 e. The Bertz CT molecular complexity index is 622. The van der Waals surface area contributed by atoms with Crippen molar-refractivity contribution in [3.05, 3.63) is 65.0 Å². The van der Waals surface area contributed by atoms with Gasteiger partial charge in [0, 0.05) is 31.9 Å². The van der Waals surface area contributed by atoms with E-state index in [0.29, 0.717) is 0 Å². The van der Waals surface area contributed by atoms with Crippen LogP contribution in [-0.4, -0.2) is 13.6 Å². The van der Waals surface area contributed by atoms with E-state index in [0.717, 1.165) is 25.1 Å². The lowest BCUT2D eigenvalue weighted by molar-refractivity contribution is 0.571. The summed E-state index contributed by atoms with van der Waals surface area (Å²) in [6, 6.07) is 13.6. The van der Waals surface area contributed by atoms with Crippen LogP contribution in [0.15, 0.2) is 42.5 Å². The van der Waals surface area contributed by atoms with Crippen molar-refractivity contribution < 1.29 is 4.39 Å². The van der Waals surface area contributed by atoms with Gasteiger partial charge in [0.2, 0.25) is 0 Å². The highest BCUT2D eigenvalue weighted by molar-refractivity contribution is 5.58. The molecule has 110 valence electrons. The molecule has 0 saturated carbocycles. The second-order valence-corrected chi connectivity index (χ2v) is 5.79. The molecular weight excluding hydrogens is 263 g/mol. The summed E-state index contributed by atoms with van der Waals surface area (Å²) in [5.41, 5.74) is 5.20. The lowest BCUT2D eigenvalue weighted by atomic mass is 10.1. The van der Waals surface area contributed by atoms with Gasteiger partial charge in [-0.25, -0.2) is 4.39 Å². The van der Waals surface area contributed by atoms with Gasteiger partial charge < -0.3 is 10.2 Å². The second-order valence-electron chi connectivity index (χ2n) is 5.79. The Balaban J connectivity index is 1.64. The maximum Gasteiger partial charge on any atom is 0.123 e. The molecule has 0 saturated heterocycles. The quantitative estimate of drug-likeness (QED) is 0.921. The fourth-order valence-corrected chi connectivity index (χ4v) is 2.87. The normalized spacial score (nSPS) is 15.1. The molecule has 0 aliphatic carbocycles. The largest absolute Gasteiger partial charge is 0.374 e. The molecule has 1 N–H and O–H groups in total. The molecule has 1 heterocycles. The van der Waals surface area contributed by atoms with Crippen LogP contribution in [0.4, 0.5) is 10.1 Å². The molecule has 0 radical (unpaired) electrons. The molecule has 0 spiro atoms. The molecule has 0 aromatic heterocycles. The van der Waals surface area contributed by atoms with Crippen molar-refractivity contribution in [2.24, 2.45) is 0 Å².